The summed E-state index contributed by atoms with van der Waals surface area (Å²) >= 11 is 5.02. The predicted molar refractivity (Wildman–Crippen MR) is 49.3 cm³/mol. The van der Waals surface area contributed by atoms with E-state index < -0.39 is 0 Å². The molecular weight excluding hydrogens is 140 g/mol. The Morgan fingerprint density at radius 1 is 1.40 bits per heavy atom. The van der Waals surface area contributed by atoms with E-state index in [2.05, 4.69) is 26.0 Å². The third kappa shape index (κ3) is 2.07. The first-order chi connectivity index (χ1) is 4.60. The molecule has 0 N–H and O–H groups in total. The molecule has 0 saturated heterocycles. The molecule has 0 bridgehead atoms. The van der Waals surface area contributed by atoms with Gasteiger partial charge in [-0.25, -0.2) is 0 Å². The van der Waals surface area contributed by atoms with Crippen molar-refractivity contribution in [3.05, 3.63) is 24.3 Å². The maximum Gasteiger partial charge on any atom is 0.0370 e. The van der Waals surface area contributed by atoms with Gasteiger partial charge in [0.15, 0.2) is 0 Å². The van der Waals surface area contributed by atoms with Crippen LogP contribution in [-0.4, -0.2) is 4.86 Å². The maximum absolute atomic E-state index is 5.02. The summed E-state index contributed by atoms with van der Waals surface area (Å²) < 4.78 is 0. The zero-order chi connectivity index (χ0) is 7.61. The largest absolute Gasteiger partial charge is 0.0823 e. The van der Waals surface area contributed by atoms with Gasteiger partial charge < -0.3 is 0 Å². The van der Waals surface area contributed by atoms with E-state index in [1.165, 1.54) is 0 Å². The number of hydrogen-bond donors (Lipinski definition) is 0. The van der Waals surface area contributed by atoms with Gasteiger partial charge >= 0.3 is 0 Å². The molecule has 0 saturated carbocycles. The van der Waals surface area contributed by atoms with Crippen LogP contribution in [0.1, 0.15) is 20.3 Å². The lowest BCUT2D eigenvalue weighted by molar-refractivity contribution is 0.490. The second-order valence-electron chi connectivity index (χ2n) is 3.33. The van der Waals surface area contributed by atoms with Gasteiger partial charge in [-0.2, -0.15) is 0 Å². The molecule has 1 rings (SSSR count). The van der Waals surface area contributed by atoms with Gasteiger partial charge in [-0.05, 0) is 24.0 Å². The van der Waals surface area contributed by atoms with E-state index in [4.69, 9.17) is 12.2 Å². The van der Waals surface area contributed by atoms with Gasteiger partial charge in [0.2, 0.25) is 0 Å². The van der Waals surface area contributed by atoms with Gasteiger partial charge in [-0.15, -0.1) is 0 Å². The number of rotatable bonds is 0. The summed E-state index contributed by atoms with van der Waals surface area (Å²) in [5, 5.41) is 0. The van der Waals surface area contributed by atoms with Crippen molar-refractivity contribution in [1.82, 2.24) is 0 Å². The Balaban J connectivity index is 2.82. The highest BCUT2D eigenvalue weighted by molar-refractivity contribution is 7.81. The van der Waals surface area contributed by atoms with Crippen LogP contribution in [0.5, 0.6) is 0 Å². The Morgan fingerprint density at radius 3 is 2.80 bits per heavy atom. The first-order valence-corrected chi connectivity index (χ1v) is 3.91. The average molecular weight is 152 g/mol. The Morgan fingerprint density at radius 2 is 2.10 bits per heavy atom. The van der Waals surface area contributed by atoms with Crippen LogP contribution in [0.3, 0.4) is 0 Å². The highest BCUT2D eigenvalue weighted by Gasteiger charge is 2.12. The lowest BCUT2D eigenvalue weighted by atomic mass is 9.90. The smallest absolute Gasteiger partial charge is 0.0370 e. The van der Waals surface area contributed by atoms with E-state index in [0.29, 0.717) is 0 Å². The van der Waals surface area contributed by atoms with Crippen LogP contribution >= 0.6 is 12.2 Å². The van der Waals surface area contributed by atoms with Gasteiger partial charge in [0, 0.05) is 4.86 Å². The molecule has 0 heterocycles. The minimum absolute atomic E-state index is 0.289. The molecule has 0 atom stereocenters. The molecule has 0 aliphatic heterocycles. The Labute approximate surface area is 67.6 Å². The van der Waals surface area contributed by atoms with Crippen molar-refractivity contribution < 1.29 is 0 Å². The minimum atomic E-state index is 0.289. The normalized spacial score (nSPS) is 22.8. The SMILES string of the molecule is CC1(C)C=CC(=S)C=CC1. The summed E-state index contributed by atoms with van der Waals surface area (Å²) in [6, 6.07) is 0. The molecule has 1 aliphatic rings. The van der Waals surface area contributed by atoms with Crippen LogP contribution in [0.4, 0.5) is 0 Å². The van der Waals surface area contributed by atoms with Crippen LogP contribution in [-0.2, 0) is 0 Å². The van der Waals surface area contributed by atoms with Crippen molar-refractivity contribution >= 4 is 17.1 Å². The van der Waals surface area contributed by atoms with Gasteiger partial charge in [0.1, 0.15) is 0 Å². The van der Waals surface area contributed by atoms with Crippen LogP contribution in [0.2, 0.25) is 0 Å². The second-order valence-corrected chi connectivity index (χ2v) is 3.80. The first kappa shape index (κ1) is 7.67. The molecule has 0 unspecified atom stereocenters. The van der Waals surface area contributed by atoms with Gasteiger partial charge in [0.05, 0.1) is 0 Å². The third-order valence-electron chi connectivity index (χ3n) is 1.62. The maximum atomic E-state index is 5.02. The number of allylic oxidation sites excluding steroid dienone is 4. The van der Waals surface area contributed by atoms with E-state index in [0.717, 1.165) is 11.3 Å². The summed E-state index contributed by atoms with van der Waals surface area (Å²) in [6.07, 6.45) is 9.42. The van der Waals surface area contributed by atoms with E-state index in [1.54, 1.807) is 0 Å². The molecule has 0 radical (unpaired) electrons. The molecule has 0 aromatic rings. The summed E-state index contributed by atoms with van der Waals surface area (Å²) in [7, 11) is 0. The first-order valence-electron chi connectivity index (χ1n) is 3.50. The summed E-state index contributed by atoms with van der Waals surface area (Å²) in [5.74, 6) is 0. The Hall–Kier alpha value is -0.430. The molecule has 54 valence electrons. The van der Waals surface area contributed by atoms with E-state index in [9.17, 15) is 0 Å². The predicted octanol–water partition coefficient (Wildman–Crippen LogP) is 2.90. The van der Waals surface area contributed by atoms with E-state index in [-0.39, 0.29) is 5.41 Å². The Bertz CT molecular complexity index is 197. The molecule has 1 aliphatic carbocycles. The lowest BCUT2D eigenvalue weighted by Crippen LogP contribution is -2.03. The van der Waals surface area contributed by atoms with Gasteiger partial charge in [-0.3, -0.25) is 0 Å². The fourth-order valence-corrected chi connectivity index (χ4v) is 1.07. The molecule has 0 amide bonds. The van der Waals surface area contributed by atoms with Crippen molar-refractivity contribution in [2.45, 2.75) is 20.3 Å². The third-order valence-corrected chi connectivity index (χ3v) is 1.90. The van der Waals surface area contributed by atoms with Crippen molar-refractivity contribution in [1.29, 1.82) is 0 Å². The zero-order valence-electron chi connectivity index (χ0n) is 6.42. The molecular formula is C9H12S. The van der Waals surface area contributed by atoms with Crippen molar-refractivity contribution in [3.63, 3.8) is 0 Å². The van der Waals surface area contributed by atoms with Crippen molar-refractivity contribution in [3.8, 4) is 0 Å². The van der Waals surface area contributed by atoms with Crippen LogP contribution in [0, 0.1) is 5.41 Å². The second kappa shape index (κ2) is 2.67. The molecule has 0 aromatic carbocycles. The fourth-order valence-electron chi connectivity index (χ4n) is 0.910. The van der Waals surface area contributed by atoms with Crippen molar-refractivity contribution in [2.75, 3.05) is 0 Å². The van der Waals surface area contributed by atoms with Crippen LogP contribution < -0.4 is 0 Å². The standard InChI is InChI=1S/C9H12S/c1-9(2)6-3-4-8(10)5-7-9/h3-5,7H,6H2,1-2H3. The highest BCUT2D eigenvalue weighted by atomic mass is 32.1. The van der Waals surface area contributed by atoms with Crippen LogP contribution in [0.15, 0.2) is 24.3 Å². The summed E-state index contributed by atoms with van der Waals surface area (Å²) in [6.45, 7) is 4.42. The molecule has 0 spiro atoms. The summed E-state index contributed by atoms with van der Waals surface area (Å²) in [5.41, 5.74) is 0.289. The van der Waals surface area contributed by atoms with Crippen LogP contribution in [0.25, 0.3) is 0 Å². The van der Waals surface area contributed by atoms with Crippen molar-refractivity contribution in [2.24, 2.45) is 5.41 Å². The number of hydrogen-bond acceptors (Lipinski definition) is 1. The topological polar surface area (TPSA) is 0 Å². The molecule has 0 aromatic heterocycles. The molecule has 0 nitrogen and oxygen atoms in total. The monoisotopic (exact) mass is 152 g/mol. The highest BCUT2D eigenvalue weighted by Crippen LogP contribution is 2.24. The Kier molecular flexibility index (Phi) is 2.05. The lowest BCUT2D eigenvalue weighted by Gasteiger charge is -2.15. The molecule has 10 heavy (non-hydrogen) atoms. The minimum Gasteiger partial charge on any atom is -0.0823 e. The fraction of sp³-hybridized carbons (Fsp3) is 0.444. The molecule has 1 heteroatoms. The quantitative estimate of drug-likeness (QED) is 0.481. The zero-order valence-corrected chi connectivity index (χ0v) is 7.24. The average Bonchev–Trinajstić information content (AvgIpc) is 1.94. The van der Waals surface area contributed by atoms with E-state index >= 15 is 0 Å². The van der Waals surface area contributed by atoms with E-state index in [1.807, 2.05) is 12.2 Å². The molecule has 0 fully saturated rings. The number of thiocarbonyl (C=S) groups is 1. The van der Waals surface area contributed by atoms with Gasteiger partial charge in [0.25, 0.3) is 0 Å². The van der Waals surface area contributed by atoms with Gasteiger partial charge in [-0.1, -0.05) is 38.2 Å². The summed E-state index contributed by atoms with van der Waals surface area (Å²) in [4.78, 5) is 0.936.